The van der Waals surface area contributed by atoms with E-state index in [1.807, 2.05) is 0 Å². The normalized spacial score (nSPS) is 12.4. The van der Waals surface area contributed by atoms with Crippen molar-refractivity contribution in [3.05, 3.63) is 44.5 Å². The largest absolute Gasteiger partial charge is 0.516 e. The number of rotatable bonds is 5. The molecule has 0 bridgehead atoms. The molecule has 24 heavy (non-hydrogen) atoms. The monoisotopic (exact) mass is 367 g/mol. The standard InChI is InChI=1S/C13H9F4NO5S/c1-2-23-8-4-6(3-7(14)5-8)9-10(12(20)11(9)19)18-24(21,22)13(15,16)17/h3-5,18H,2H2,1H3. The van der Waals surface area contributed by atoms with Crippen LogP contribution in [0.3, 0.4) is 0 Å². The molecule has 0 aliphatic heterocycles. The summed E-state index contributed by atoms with van der Waals surface area (Å²) in [5.74, 6) is -0.918. The lowest BCUT2D eigenvalue weighted by molar-refractivity contribution is -0.0429. The van der Waals surface area contributed by atoms with Crippen LogP contribution in [0.1, 0.15) is 6.92 Å². The first-order chi connectivity index (χ1) is 11.0. The minimum Gasteiger partial charge on any atom is -0.494 e. The number of benzene rings is 1. The van der Waals surface area contributed by atoms with E-state index in [0.29, 0.717) is 0 Å². The zero-order chi connectivity index (χ0) is 18.3. The highest BCUT2D eigenvalue weighted by molar-refractivity contribution is 7.93. The number of halogens is 4. The first-order valence-electron chi connectivity index (χ1n) is 6.34. The Morgan fingerprint density at radius 2 is 1.75 bits per heavy atom. The van der Waals surface area contributed by atoms with E-state index in [9.17, 15) is 35.6 Å². The zero-order valence-electron chi connectivity index (χ0n) is 11.9. The van der Waals surface area contributed by atoms with Crippen LogP contribution in [0.5, 0.6) is 5.75 Å². The van der Waals surface area contributed by atoms with Crippen molar-refractivity contribution in [2.75, 3.05) is 11.3 Å². The van der Waals surface area contributed by atoms with Gasteiger partial charge >= 0.3 is 15.5 Å². The van der Waals surface area contributed by atoms with Gasteiger partial charge in [0.05, 0.1) is 12.2 Å². The van der Waals surface area contributed by atoms with Gasteiger partial charge in [0.1, 0.15) is 17.3 Å². The van der Waals surface area contributed by atoms with Crippen molar-refractivity contribution in [2.24, 2.45) is 0 Å². The van der Waals surface area contributed by atoms with Gasteiger partial charge < -0.3 is 4.74 Å². The molecule has 130 valence electrons. The molecule has 0 spiro atoms. The first-order valence-corrected chi connectivity index (χ1v) is 7.82. The maximum atomic E-state index is 13.5. The van der Waals surface area contributed by atoms with Crippen LogP contribution >= 0.6 is 0 Å². The molecule has 0 fully saturated rings. The summed E-state index contributed by atoms with van der Waals surface area (Å²) in [6.07, 6.45) is 0. The summed E-state index contributed by atoms with van der Waals surface area (Å²) in [4.78, 5) is 23.0. The summed E-state index contributed by atoms with van der Waals surface area (Å²) < 4.78 is 78.9. The summed E-state index contributed by atoms with van der Waals surface area (Å²) in [5, 5.41) is 0. The van der Waals surface area contributed by atoms with Crippen LogP contribution in [-0.4, -0.2) is 20.5 Å². The molecule has 1 N–H and O–H groups in total. The molecule has 0 aromatic heterocycles. The lowest BCUT2D eigenvalue weighted by Gasteiger charge is -2.15. The molecule has 0 aliphatic rings. The second kappa shape index (κ2) is 5.89. The fourth-order valence-corrected chi connectivity index (χ4v) is 2.49. The summed E-state index contributed by atoms with van der Waals surface area (Å²) in [7, 11) is -5.89. The molecule has 2 aromatic rings. The van der Waals surface area contributed by atoms with Crippen molar-refractivity contribution in [3.63, 3.8) is 0 Å². The number of anilines is 1. The van der Waals surface area contributed by atoms with E-state index in [1.165, 1.54) is 0 Å². The van der Waals surface area contributed by atoms with Crippen molar-refractivity contribution in [1.29, 1.82) is 0 Å². The first kappa shape index (κ1) is 17.9. The van der Waals surface area contributed by atoms with Gasteiger partial charge in [0.25, 0.3) is 5.43 Å². The molecule has 0 amide bonds. The number of alkyl halides is 3. The van der Waals surface area contributed by atoms with Crippen LogP contribution in [-0.2, 0) is 10.0 Å². The highest BCUT2D eigenvalue weighted by Gasteiger charge is 2.47. The third-order valence-electron chi connectivity index (χ3n) is 2.92. The van der Waals surface area contributed by atoms with Gasteiger partial charge in [-0.1, -0.05) is 0 Å². The van der Waals surface area contributed by atoms with Gasteiger partial charge in [-0.2, -0.15) is 21.6 Å². The summed E-state index contributed by atoms with van der Waals surface area (Å²) in [5.41, 5.74) is -10.4. The smallest absolute Gasteiger partial charge is 0.494 e. The van der Waals surface area contributed by atoms with Gasteiger partial charge in [-0.25, -0.2) is 4.39 Å². The molecule has 11 heteroatoms. The van der Waals surface area contributed by atoms with E-state index >= 15 is 0 Å². The number of sulfonamides is 1. The number of hydrogen-bond acceptors (Lipinski definition) is 5. The number of nitrogens with one attached hydrogen (secondary N) is 1. The summed E-state index contributed by atoms with van der Waals surface area (Å²) >= 11 is 0. The second-order valence-electron chi connectivity index (χ2n) is 4.57. The van der Waals surface area contributed by atoms with Gasteiger partial charge in [-0.3, -0.25) is 14.3 Å². The molecule has 0 saturated carbocycles. The average molecular weight is 367 g/mol. The van der Waals surface area contributed by atoms with E-state index in [1.54, 1.807) is 6.92 Å². The van der Waals surface area contributed by atoms with Crippen LogP contribution in [0.2, 0.25) is 0 Å². The Kier molecular flexibility index (Phi) is 4.40. The number of ether oxygens (including phenoxy) is 1. The predicted octanol–water partition coefficient (Wildman–Crippen LogP) is 1.75. The minimum absolute atomic E-state index is 0.0369. The van der Waals surface area contributed by atoms with Crippen LogP contribution < -0.4 is 20.3 Å². The Hall–Kier alpha value is -2.43. The maximum absolute atomic E-state index is 13.5. The van der Waals surface area contributed by atoms with Crippen LogP contribution in [0.25, 0.3) is 11.1 Å². The van der Waals surface area contributed by atoms with Crippen LogP contribution in [0.4, 0.5) is 23.2 Å². The fourth-order valence-electron chi connectivity index (χ4n) is 1.91. The molecule has 0 aliphatic carbocycles. The third-order valence-corrected chi connectivity index (χ3v) is 4.00. The Morgan fingerprint density at radius 3 is 2.29 bits per heavy atom. The molecule has 2 aromatic carbocycles. The molecular weight excluding hydrogens is 358 g/mol. The molecule has 0 saturated heterocycles. The Bertz CT molecular complexity index is 958. The number of hydrogen-bond donors (Lipinski definition) is 1. The van der Waals surface area contributed by atoms with Gasteiger partial charge in [-0.15, -0.1) is 0 Å². The highest BCUT2D eigenvalue weighted by atomic mass is 32.2. The SMILES string of the molecule is CCOc1cc(F)cc(-c2c(NS(=O)(=O)C(F)(F)F)c(=O)c2=O)c1. The van der Waals surface area contributed by atoms with Crippen molar-refractivity contribution in [3.8, 4) is 16.9 Å². The molecule has 0 atom stereocenters. The average Bonchev–Trinajstić information content (AvgIpc) is 2.44. The maximum Gasteiger partial charge on any atom is 0.516 e. The topological polar surface area (TPSA) is 89.5 Å². The molecule has 0 unspecified atom stereocenters. The fraction of sp³-hybridized carbons (Fsp3) is 0.231. The van der Waals surface area contributed by atoms with Crippen LogP contribution in [0.15, 0.2) is 27.8 Å². The van der Waals surface area contributed by atoms with Gasteiger partial charge in [0.15, 0.2) is 0 Å². The molecule has 6 nitrogen and oxygen atoms in total. The summed E-state index contributed by atoms with van der Waals surface area (Å²) in [6.45, 7) is 1.73. The molecular formula is C13H9F4NO5S. The van der Waals surface area contributed by atoms with E-state index in [4.69, 9.17) is 4.74 Å². The molecule has 2 rings (SSSR count). The minimum atomic E-state index is -5.89. The predicted molar refractivity (Wildman–Crippen MR) is 76.5 cm³/mol. The van der Waals surface area contributed by atoms with E-state index < -0.39 is 43.5 Å². The van der Waals surface area contributed by atoms with Gasteiger partial charge in [0.2, 0.25) is 5.43 Å². The zero-order valence-corrected chi connectivity index (χ0v) is 12.7. The van der Waals surface area contributed by atoms with Gasteiger partial charge in [0, 0.05) is 6.07 Å². The summed E-state index contributed by atoms with van der Waals surface area (Å²) in [6, 6.07) is 2.83. The molecule has 0 radical (unpaired) electrons. The highest BCUT2D eigenvalue weighted by Crippen LogP contribution is 2.31. The van der Waals surface area contributed by atoms with Crippen LogP contribution in [0, 0.1) is 5.82 Å². The third kappa shape index (κ3) is 3.11. The van der Waals surface area contributed by atoms with E-state index in [-0.39, 0.29) is 17.9 Å². The van der Waals surface area contributed by atoms with E-state index in [2.05, 4.69) is 0 Å². The van der Waals surface area contributed by atoms with E-state index in [0.717, 1.165) is 22.9 Å². The van der Waals surface area contributed by atoms with Gasteiger partial charge in [-0.05, 0) is 24.6 Å². The quantitative estimate of drug-likeness (QED) is 0.642. The molecule has 0 heterocycles. The Morgan fingerprint density at radius 1 is 1.12 bits per heavy atom. The van der Waals surface area contributed by atoms with Crippen molar-refractivity contribution < 1.29 is 30.7 Å². The van der Waals surface area contributed by atoms with Crippen molar-refractivity contribution >= 4 is 15.7 Å². The Labute approximate surface area is 132 Å². The lowest BCUT2D eigenvalue weighted by atomic mass is 9.99. The second-order valence-corrected chi connectivity index (χ2v) is 6.24. The van der Waals surface area contributed by atoms with Crippen molar-refractivity contribution in [2.45, 2.75) is 12.4 Å². The Balaban J connectivity index is 2.54. The lowest BCUT2D eigenvalue weighted by Crippen LogP contribution is -2.40. The van der Waals surface area contributed by atoms with Crippen molar-refractivity contribution in [1.82, 2.24) is 0 Å².